The van der Waals surface area contributed by atoms with E-state index < -0.39 is 22.0 Å². The highest BCUT2D eigenvalue weighted by Crippen LogP contribution is 2.17. The molecule has 0 saturated carbocycles. The first kappa shape index (κ1) is 17.5. The number of nitrogens with zero attached hydrogens (tertiary/aromatic N) is 1. The Balaban J connectivity index is 3.10. The first-order valence-corrected chi connectivity index (χ1v) is 8.94. The Hall–Kier alpha value is -1.56. The molecule has 6 nitrogen and oxygen atoms in total. The Morgan fingerprint density at radius 2 is 2.19 bits per heavy atom. The van der Waals surface area contributed by atoms with Crippen LogP contribution in [0, 0.1) is 18.3 Å². The third-order valence-electron chi connectivity index (χ3n) is 2.81. The van der Waals surface area contributed by atoms with Gasteiger partial charge in [-0.2, -0.15) is 21.7 Å². The van der Waals surface area contributed by atoms with Crippen LogP contribution in [0.4, 0.5) is 0 Å². The van der Waals surface area contributed by atoms with Gasteiger partial charge in [0.2, 0.25) is 10.0 Å². The lowest BCUT2D eigenvalue weighted by atomic mass is 10.2. The van der Waals surface area contributed by atoms with Crippen LogP contribution in [-0.4, -0.2) is 37.5 Å². The number of hydrogen-bond donors (Lipinski definition) is 2. The summed E-state index contributed by atoms with van der Waals surface area (Å²) < 4.78 is 26.8. The van der Waals surface area contributed by atoms with E-state index in [1.807, 2.05) is 12.3 Å². The number of hydrogen-bond acceptors (Lipinski definition) is 5. The van der Waals surface area contributed by atoms with E-state index in [0.29, 0.717) is 11.3 Å². The minimum absolute atomic E-state index is 0.0723. The molecule has 0 bridgehead atoms. The van der Waals surface area contributed by atoms with E-state index in [1.54, 1.807) is 6.92 Å². The molecule has 8 heteroatoms. The van der Waals surface area contributed by atoms with Gasteiger partial charge < -0.3 is 5.11 Å². The summed E-state index contributed by atoms with van der Waals surface area (Å²) in [5, 5.41) is 17.9. The molecule has 1 aromatic carbocycles. The van der Waals surface area contributed by atoms with Crippen LogP contribution >= 0.6 is 11.8 Å². The van der Waals surface area contributed by atoms with Crippen LogP contribution in [0.3, 0.4) is 0 Å². The van der Waals surface area contributed by atoms with Crippen molar-refractivity contribution >= 4 is 27.8 Å². The van der Waals surface area contributed by atoms with Gasteiger partial charge in [0.25, 0.3) is 0 Å². The fourth-order valence-electron chi connectivity index (χ4n) is 1.68. The second kappa shape index (κ2) is 7.45. The maximum Gasteiger partial charge on any atom is 0.321 e. The molecule has 2 N–H and O–H groups in total. The number of aryl methyl sites for hydroxylation is 1. The standard InChI is InChI=1S/C13H16N2O4S2/c1-9-3-4-10(8-14)7-12(9)21(18,19)15-11(13(16)17)5-6-20-2/h3-4,7,11,15H,5-6H2,1-2H3,(H,16,17)/t11-/m0/s1. The Morgan fingerprint density at radius 3 is 2.71 bits per heavy atom. The van der Waals surface area contributed by atoms with Gasteiger partial charge in [0, 0.05) is 0 Å². The van der Waals surface area contributed by atoms with E-state index in [9.17, 15) is 13.2 Å². The van der Waals surface area contributed by atoms with E-state index in [-0.39, 0.29) is 16.9 Å². The quantitative estimate of drug-likeness (QED) is 0.782. The van der Waals surface area contributed by atoms with Crippen LogP contribution < -0.4 is 4.72 Å². The summed E-state index contributed by atoms with van der Waals surface area (Å²) in [5.41, 5.74) is 0.660. The fourth-order valence-corrected chi connectivity index (χ4v) is 3.64. The molecule has 1 atom stereocenters. The zero-order valence-electron chi connectivity index (χ0n) is 11.7. The van der Waals surface area contributed by atoms with Crippen molar-refractivity contribution in [3.8, 4) is 6.07 Å². The van der Waals surface area contributed by atoms with E-state index >= 15 is 0 Å². The molecule has 21 heavy (non-hydrogen) atoms. The predicted octanol–water partition coefficient (Wildman–Crippen LogP) is 1.35. The summed E-state index contributed by atoms with van der Waals surface area (Å²) in [6, 6.07) is 4.95. The van der Waals surface area contributed by atoms with Crippen molar-refractivity contribution in [2.24, 2.45) is 0 Å². The van der Waals surface area contributed by atoms with Gasteiger partial charge in [-0.05, 0) is 43.0 Å². The van der Waals surface area contributed by atoms with Gasteiger partial charge in [-0.15, -0.1) is 0 Å². The van der Waals surface area contributed by atoms with Crippen molar-refractivity contribution in [3.63, 3.8) is 0 Å². The third-order valence-corrected chi connectivity index (χ3v) is 5.07. The second-order valence-electron chi connectivity index (χ2n) is 4.39. The van der Waals surface area contributed by atoms with Crippen LogP contribution in [0.2, 0.25) is 0 Å². The molecule has 0 saturated heterocycles. The molecule has 0 spiro atoms. The predicted molar refractivity (Wildman–Crippen MR) is 80.6 cm³/mol. The number of carboxylic acids is 1. The number of carboxylic acid groups (broad SMARTS) is 1. The van der Waals surface area contributed by atoms with Crippen molar-refractivity contribution in [1.29, 1.82) is 5.26 Å². The van der Waals surface area contributed by atoms with Gasteiger partial charge in [-0.1, -0.05) is 6.07 Å². The van der Waals surface area contributed by atoms with Crippen molar-refractivity contribution in [1.82, 2.24) is 4.72 Å². The Kier molecular flexibility index (Phi) is 6.20. The van der Waals surface area contributed by atoms with Crippen molar-refractivity contribution in [2.45, 2.75) is 24.3 Å². The number of aliphatic carboxylic acids is 1. The summed E-state index contributed by atoms with van der Waals surface area (Å²) in [4.78, 5) is 11.1. The van der Waals surface area contributed by atoms with Gasteiger partial charge in [-0.3, -0.25) is 4.79 Å². The zero-order chi connectivity index (χ0) is 16.0. The molecule has 114 valence electrons. The van der Waals surface area contributed by atoms with Crippen LogP contribution in [0.1, 0.15) is 17.5 Å². The average molecular weight is 328 g/mol. The Labute approximate surface area is 128 Å². The number of rotatable bonds is 7. The monoisotopic (exact) mass is 328 g/mol. The number of nitrogens with one attached hydrogen (secondary N) is 1. The summed E-state index contributed by atoms with van der Waals surface area (Å²) in [6.45, 7) is 1.59. The second-order valence-corrected chi connectivity index (χ2v) is 7.05. The Morgan fingerprint density at radius 1 is 1.52 bits per heavy atom. The maximum atomic E-state index is 12.3. The highest BCUT2D eigenvalue weighted by Gasteiger charge is 2.26. The highest BCUT2D eigenvalue weighted by molar-refractivity contribution is 7.98. The number of thioether (sulfide) groups is 1. The molecule has 0 unspecified atom stereocenters. The molecule has 1 rings (SSSR count). The van der Waals surface area contributed by atoms with Gasteiger partial charge >= 0.3 is 5.97 Å². The molecule has 0 aliphatic carbocycles. The third kappa shape index (κ3) is 4.74. The lowest BCUT2D eigenvalue weighted by molar-refractivity contribution is -0.139. The number of sulfonamides is 1. The van der Waals surface area contributed by atoms with Gasteiger partial charge in [-0.25, -0.2) is 8.42 Å². The Bertz CT molecular complexity index is 665. The van der Waals surface area contributed by atoms with Gasteiger partial charge in [0.1, 0.15) is 6.04 Å². The fraction of sp³-hybridized carbons (Fsp3) is 0.385. The van der Waals surface area contributed by atoms with Crippen LogP contribution in [0.15, 0.2) is 23.1 Å². The van der Waals surface area contributed by atoms with Crippen LogP contribution in [0.5, 0.6) is 0 Å². The van der Waals surface area contributed by atoms with Crippen LogP contribution in [0.25, 0.3) is 0 Å². The average Bonchev–Trinajstić information content (AvgIpc) is 2.43. The molecule has 0 aliphatic heterocycles. The van der Waals surface area contributed by atoms with Crippen LogP contribution in [-0.2, 0) is 14.8 Å². The lowest BCUT2D eigenvalue weighted by Crippen LogP contribution is -2.41. The summed E-state index contributed by atoms with van der Waals surface area (Å²) in [5.74, 6) is -0.696. The van der Waals surface area contributed by atoms with Crippen molar-refractivity contribution in [3.05, 3.63) is 29.3 Å². The number of benzene rings is 1. The first-order chi connectivity index (χ1) is 9.81. The smallest absolute Gasteiger partial charge is 0.321 e. The molecule has 0 heterocycles. The molecule has 0 amide bonds. The molecule has 0 aliphatic rings. The van der Waals surface area contributed by atoms with Crippen molar-refractivity contribution < 1.29 is 18.3 Å². The SMILES string of the molecule is CSCC[C@H](NS(=O)(=O)c1cc(C#N)ccc1C)C(=O)O. The van der Waals surface area contributed by atoms with E-state index in [4.69, 9.17) is 10.4 Å². The summed E-state index contributed by atoms with van der Waals surface area (Å²) in [6.07, 6.45) is 2.00. The molecular weight excluding hydrogens is 312 g/mol. The largest absolute Gasteiger partial charge is 0.480 e. The van der Waals surface area contributed by atoms with Gasteiger partial charge in [0.15, 0.2) is 0 Å². The van der Waals surface area contributed by atoms with Gasteiger partial charge in [0.05, 0.1) is 16.5 Å². The highest BCUT2D eigenvalue weighted by atomic mass is 32.2. The lowest BCUT2D eigenvalue weighted by Gasteiger charge is -2.15. The normalized spacial score (nSPS) is 12.6. The topological polar surface area (TPSA) is 107 Å². The first-order valence-electron chi connectivity index (χ1n) is 6.06. The minimum atomic E-state index is -3.99. The molecular formula is C13H16N2O4S2. The minimum Gasteiger partial charge on any atom is -0.480 e. The number of carbonyl (C=O) groups is 1. The summed E-state index contributed by atoms with van der Waals surface area (Å²) >= 11 is 1.44. The molecule has 0 aromatic heterocycles. The van der Waals surface area contributed by atoms with E-state index in [0.717, 1.165) is 0 Å². The molecule has 1 aromatic rings. The maximum absolute atomic E-state index is 12.3. The van der Waals surface area contributed by atoms with E-state index in [2.05, 4.69) is 4.72 Å². The number of nitriles is 1. The van der Waals surface area contributed by atoms with Crippen molar-refractivity contribution in [2.75, 3.05) is 12.0 Å². The summed E-state index contributed by atoms with van der Waals surface area (Å²) in [7, 11) is -3.99. The van der Waals surface area contributed by atoms with E-state index in [1.165, 1.54) is 30.0 Å². The zero-order valence-corrected chi connectivity index (χ0v) is 13.3. The molecule has 0 fully saturated rings. The molecule has 0 radical (unpaired) electrons.